The molecule has 2 rings (SSSR count). The minimum atomic E-state index is -1.22. The van der Waals surface area contributed by atoms with Gasteiger partial charge in [-0.2, -0.15) is 0 Å². The Hall–Kier alpha value is -2.15. The minimum absolute atomic E-state index is 0.203. The average molecular weight is 264 g/mol. The Morgan fingerprint density at radius 2 is 2.28 bits per heavy atom. The van der Waals surface area contributed by atoms with Crippen molar-refractivity contribution in [3.63, 3.8) is 0 Å². The van der Waals surface area contributed by atoms with E-state index in [1.54, 1.807) is 24.5 Å². The van der Waals surface area contributed by atoms with E-state index in [-0.39, 0.29) is 4.91 Å². The van der Waals surface area contributed by atoms with Gasteiger partial charge in [-0.05, 0) is 29.5 Å². The number of carboxylic acid groups (broad SMARTS) is 1. The molecule has 92 valence electrons. The number of carboxylic acids is 1. The summed E-state index contributed by atoms with van der Waals surface area (Å²) in [5, 5.41) is 8.03. The van der Waals surface area contributed by atoms with Gasteiger partial charge in [0.1, 0.15) is 6.54 Å². The molecule has 1 saturated heterocycles. The standard InChI is InChI=1S/C11H8N2O4S/c14-9(15)6-13-10(16)8(18-11(13)17)4-7-2-1-3-12-5-7/h1-5H,6H2,(H,14,15). The second-order valence-corrected chi connectivity index (χ2v) is 4.44. The van der Waals surface area contributed by atoms with E-state index in [4.69, 9.17) is 5.11 Å². The number of imide groups is 1. The van der Waals surface area contributed by atoms with Gasteiger partial charge in [0, 0.05) is 12.4 Å². The molecular weight excluding hydrogens is 256 g/mol. The van der Waals surface area contributed by atoms with Crippen molar-refractivity contribution in [3.8, 4) is 0 Å². The second kappa shape index (κ2) is 5.01. The van der Waals surface area contributed by atoms with Crippen LogP contribution in [0, 0.1) is 0 Å². The quantitative estimate of drug-likeness (QED) is 0.825. The average Bonchev–Trinajstić information content (AvgIpc) is 2.58. The molecule has 2 amide bonds. The van der Waals surface area contributed by atoms with Crippen molar-refractivity contribution in [1.82, 2.24) is 9.88 Å². The van der Waals surface area contributed by atoms with Crippen LogP contribution in [0.2, 0.25) is 0 Å². The molecule has 0 unspecified atom stereocenters. The molecule has 1 aliphatic heterocycles. The molecule has 0 spiro atoms. The van der Waals surface area contributed by atoms with Crippen LogP contribution in [0.15, 0.2) is 29.4 Å². The summed E-state index contributed by atoms with van der Waals surface area (Å²) in [7, 11) is 0. The van der Waals surface area contributed by atoms with Gasteiger partial charge in [0.25, 0.3) is 11.1 Å². The van der Waals surface area contributed by atoms with Crippen LogP contribution in [0.1, 0.15) is 5.56 Å². The molecule has 2 heterocycles. The Bertz CT molecular complexity index is 541. The van der Waals surface area contributed by atoms with E-state index in [2.05, 4.69) is 4.98 Å². The van der Waals surface area contributed by atoms with Crippen molar-refractivity contribution >= 4 is 35.0 Å². The lowest BCUT2D eigenvalue weighted by Crippen LogP contribution is -2.33. The number of carbonyl (C=O) groups is 3. The Kier molecular flexibility index (Phi) is 3.42. The number of thioether (sulfide) groups is 1. The summed E-state index contributed by atoms with van der Waals surface area (Å²) in [6, 6.07) is 3.44. The van der Waals surface area contributed by atoms with Crippen LogP contribution in [0.4, 0.5) is 4.79 Å². The van der Waals surface area contributed by atoms with Crippen LogP contribution in [-0.4, -0.2) is 38.7 Å². The molecule has 1 fully saturated rings. The predicted octanol–water partition coefficient (Wildman–Crippen LogP) is 1.20. The molecule has 1 aliphatic rings. The second-order valence-electron chi connectivity index (χ2n) is 3.45. The minimum Gasteiger partial charge on any atom is -0.480 e. The van der Waals surface area contributed by atoms with Gasteiger partial charge in [-0.3, -0.25) is 24.3 Å². The van der Waals surface area contributed by atoms with Crippen molar-refractivity contribution in [2.45, 2.75) is 0 Å². The zero-order valence-electron chi connectivity index (χ0n) is 9.07. The number of aliphatic carboxylic acids is 1. The summed E-state index contributed by atoms with van der Waals surface area (Å²) in [4.78, 5) is 38.6. The van der Waals surface area contributed by atoms with Crippen LogP contribution in [-0.2, 0) is 9.59 Å². The molecule has 0 atom stereocenters. The number of carbonyl (C=O) groups excluding carboxylic acids is 2. The monoisotopic (exact) mass is 264 g/mol. The summed E-state index contributed by atoms with van der Waals surface area (Å²) in [5.74, 6) is -1.81. The number of rotatable bonds is 3. The van der Waals surface area contributed by atoms with Gasteiger partial charge in [0.2, 0.25) is 0 Å². The Balaban J connectivity index is 2.23. The van der Waals surface area contributed by atoms with E-state index in [1.165, 1.54) is 6.08 Å². The molecule has 1 N–H and O–H groups in total. The zero-order chi connectivity index (χ0) is 13.1. The Morgan fingerprint density at radius 3 is 2.89 bits per heavy atom. The van der Waals surface area contributed by atoms with E-state index in [1.807, 2.05) is 0 Å². The number of aromatic nitrogens is 1. The maximum absolute atomic E-state index is 11.8. The lowest BCUT2D eigenvalue weighted by Gasteiger charge is -2.07. The number of nitrogens with zero attached hydrogens (tertiary/aromatic N) is 2. The first-order chi connectivity index (χ1) is 8.58. The van der Waals surface area contributed by atoms with Crippen molar-refractivity contribution in [1.29, 1.82) is 0 Å². The maximum atomic E-state index is 11.8. The van der Waals surface area contributed by atoms with Crippen LogP contribution in [0.3, 0.4) is 0 Å². The summed E-state index contributed by atoms with van der Waals surface area (Å²) in [6.07, 6.45) is 4.65. The summed E-state index contributed by atoms with van der Waals surface area (Å²) in [5.41, 5.74) is 0.679. The van der Waals surface area contributed by atoms with Gasteiger partial charge in [-0.1, -0.05) is 6.07 Å². The van der Waals surface area contributed by atoms with Crippen LogP contribution in [0.25, 0.3) is 6.08 Å². The van der Waals surface area contributed by atoms with Gasteiger partial charge >= 0.3 is 5.97 Å². The third-order valence-corrected chi connectivity index (χ3v) is 3.06. The SMILES string of the molecule is O=C(O)CN1C(=O)SC(=Cc2cccnc2)C1=O. The molecule has 0 bridgehead atoms. The lowest BCUT2D eigenvalue weighted by atomic mass is 10.2. The van der Waals surface area contributed by atoms with Crippen molar-refractivity contribution in [2.75, 3.05) is 6.54 Å². The topological polar surface area (TPSA) is 87.6 Å². The summed E-state index contributed by atoms with van der Waals surface area (Å²) < 4.78 is 0. The van der Waals surface area contributed by atoms with Crippen molar-refractivity contribution in [2.24, 2.45) is 0 Å². The molecule has 0 aliphatic carbocycles. The summed E-state index contributed by atoms with van der Waals surface area (Å²) >= 11 is 0.726. The fourth-order valence-corrected chi connectivity index (χ4v) is 2.22. The molecule has 0 saturated carbocycles. The fourth-order valence-electron chi connectivity index (χ4n) is 1.38. The molecule has 1 aromatic heterocycles. The van der Waals surface area contributed by atoms with Crippen molar-refractivity contribution < 1.29 is 19.5 Å². The Labute approximate surface area is 106 Å². The van der Waals surface area contributed by atoms with Crippen LogP contribution < -0.4 is 0 Å². The normalized spacial score (nSPS) is 17.6. The first-order valence-electron chi connectivity index (χ1n) is 4.95. The van der Waals surface area contributed by atoms with Gasteiger partial charge < -0.3 is 5.11 Å². The number of amides is 2. The van der Waals surface area contributed by atoms with Gasteiger partial charge in [-0.15, -0.1) is 0 Å². The highest BCUT2D eigenvalue weighted by Crippen LogP contribution is 2.31. The molecule has 0 aromatic carbocycles. The Morgan fingerprint density at radius 1 is 1.50 bits per heavy atom. The van der Waals surface area contributed by atoms with E-state index in [9.17, 15) is 14.4 Å². The van der Waals surface area contributed by atoms with E-state index < -0.39 is 23.7 Å². The van der Waals surface area contributed by atoms with Crippen molar-refractivity contribution in [3.05, 3.63) is 35.0 Å². The van der Waals surface area contributed by atoms with Gasteiger partial charge in [0.05, 0.1) is 4.91 Å². The number of hydrogen-bond acceptors (Lipinski definition) is 5. The highest BCUT2D eigenvalue weighted by molar-refractivity contribution is 8.18. The molecular formula is C11H8N2O4S. The fraction of sp³-hybridized carbons (Fsp3) is 0.0909. The first kappa shape index (κ1) is 12.3. The maximum Gasteiger partial charge on any atom is 0.323 e. The lowest BCUT2D eigenvalue weighted by molar-refractivity contribution is -0.140. The van der Waals surface area contributed by atoms with Gasteiger partial charge in [0.15, 0.2) is 0 Å². The van der Waals surface area contributed by atoms with Crippen LogP contribution in [0.5, 0.6) is 0 Å². The smallest absolute Gasteiger partial charge is 0.323 e. The molecule has 6 nitrogen and oxygen atoms in total. The van der Waals surface area contributed by atoms with E-state index >= 15 is 0 Å². The zero-order valence-corrected chi connectivity index (χ0v) is 9.88. The highest BCUT2D eigenvalue weighted by Gasteiger charge is 2.36. The molecule has 1 aromatic rings. The van der Waals surface area contributed by atoms with Crippen LogP contribution >= 0.6 is 11.8 Å². The van der Waals surface area contributed by atoms with E-state index in [0.29, 0.717) is 10.5 Å². The van der Waals surface area contributed by atoms with E-state index in [0.717, 1.165) is 11.8 Å². The third-order valence-electron chi connectivity index (χ3n) is 2.15. The molecule has 7 heteroatoms. The first-order valence-corrected chi connectivity index (χ1v) is 5.77. The summed E-state index contributed by atoms with van der Waals surface area (Å²) in [6.45, 7) is -0.616. The third kappa shape index (κ3) is 2.57. The number of hydrogen-bond donors (Lipinski definition) is 1. The highest BCUT2D eigenvalue weighted by atomic mass is 32.2. The molecule has 18 heavy (non-hydrogen) atoms. The number of pyridine rings is 1. The predicted molar refractivity (Wildman–Crippen MR) is 64.5 cm³/mol. The van der Waals surface area contributed by atoms with Gasteiger partial charge in [-0.25, -0.2) is 0 Å². The largest absolute Gasteiger partial charge is 0.480 e. The molecule has 0 radical (unpaired) electrons.